The van der Waals surface area contributed by atoms with Crippen molar-refractivity contribution in [2.24, 2.45) is 11.8 Å². The van der Waals surface area contributed by atoms with Gasteiger partial charge in [0.2, 0.25) is 17.7 Å². The fourth-order valence-electron chi connectivity index (χ4n) is 8.98. The molecule has 17 heteroatoms. The molecule has 6 heterocycles. The lowest BCUT2D eigenvalue weighted by Gasteiger charge is -2.38. The summed E-state index contributed by atoms with van der Waals surface area (Å²) in [6.07, 6.45) is 1.97. The minimum Gasteiger partial charge on any atom is -0.490 e. The Labute approximate surface area is 344 Å². The van der Waals surface area contributed by atoms with Crippen LogP contribution in [0.1, 0.15) is 77.6 Å². The number of aromatic nitrogens is 1. The molecule has 5 aliphatic rings. The van der Waals surface area contributed by atoms with E-state index >= 15 is 0 Å². The van der Waals surface area contributed by atoms with Gasteiger partial charge >= 0.3 is 6.18 Å². The smallest absolute Gasteiger partial charge is 0.407 e. The molecule has 5 amide bonds. The first-order valence-corrected chi connectivity index (χ1v) is 20.4. The Morgan fingerprint density at radius 2 is 1.52 bits per heavy atom. The van der Waals surface area contributed by atoms with Crippen LogP contribution in [0.25, 0.3) is 4.85 Å². The summed E-state index contributed by atoms with van der Waals surface area (Å²) in [6, 6.07) is 11.3. The van der Waals surface area contributed by atoms with E-state index in [0.29, 0.717) is 49.1 Å². The van der Waals surface area contributed by atoms with E-state index in [9.17, 15) is 37.1 Å². The minimum atomic E-state index is -4.62. The zero-order valence-corrected chi connectivity index (χ0v) is 32.9. The van der Waals surface area contributed by atoms with Gasteiger partial charge in [-0.1, -0.05) is 6.07 Å². The van der Waals surface area contributed by atoms with Crippen LogP contribution in [-0.4, -0.2) is 102 Å². The van der Waals surface area contributed by atoms with Gasteiger partial charge < -0.3 is 24.8 Å². The number of amides is 5. The monoisotopic (exact) mass is 826 g/mol. The molecule has 60 heavy (non-hydrogen) atoms. The van der Waals surface area contributed by atoms with Gasteiger partial charge in [-0.15, -0.1) is 0 Å². The molecular formula is C43H45F3N8O6. The van der Waals surface area contributed by atoms with Crippen molar-refractivity contribution in [3.05, 3.63) is 82.8 Å². The molecule has 2 aromatic carbocycles. The summed E-state index contributed by atoms with van der Waals surface area (Å²) in [5.41, 5.74) is 0.427. The van der Waals surface area contributed by atoms with Crippen LogP contribution < -0.4 is 25.2 Å². The normalized spacial score (nSPS) is 21.2. The molecule has 314 valence electrons. The molecule has 2 N–H and O–H groups in total. The van der Waals surface area contributed by atoms with E-state index in [1.807, 2.05) is 11.0 Å². The average Bonchev–Trinajstić information content (AvgIpc) is 3.49. The molecule has 0 saturated carbocycles. The Morgan fingerprint density at radius 3 is 2.18 bits per heavy atom. The van der Waals surface area contributed by atoms with E-state index in [1.54, 1.807) is 30.5 Å². The van der Waals surface area contributed by atoms with Crippen molar-refractivity contribution in [1.82, 2.24) is 20.1 Å². The van der Waals surface area contributed by atoms with Crippen molar-refractivity contribution in [2.45, 2.75) is 69.7 Å². The summed E-state index contributed by atoms with van der Waals surface area (Å²) in [5, 5.41) is 5.12. The number of hydrogen-bond acceptors (Lipinski definition) is 10. The van der Waals surface area contributed by atoms with Gasteiger partial charge in [-0.3, -0.25) is 34.2 Å². The Balaban J connectivity index is 0.747. The van der Waals surface area contributed by atoms with Crippen LogP contribution in [0.5, 0.6) is 5.75 Å². The number of pyridine rings is 1. The number of carbonyl (C=O) groups excluding carboxylic acids is 5. The predicted molar refractivity (Wildman–Crippen MR) is 214 cm³/mol. The first-order valence-electron chi connectivity index (χ1n) is 20.4. The highest BCUT2D eigenvalue weighted by Crippen LogP contribution is 2.39. The van der Waals surface area contributed by atoms with E-state index in [1.165, 1.54) is 12.1 Å². The number of piperidine rings is 4. The molecule has 14 nitrogen and oxygen atoms in total. The van der Waals surface area contributed by atoms with Gasteiger partial charge in [0.1, 0.15) is 23.7 Å². The topological polar surface area (TPSA) is 149 Å². The Morgan fingerprint density at radius 1 is 0.833 bits per heavy atom. The lowest BCUT2D eigenvalue weighted by atomic mass is 9.94. The second kappa shape index (κ2) is 16.9. The van der Waals surface area contributed by atoms with Gasteiger partial charge in [-0.05, 0) is 93.3 Å². The summed E-state index contributed by atoms with van der Waals surface area (Å²) in [7, 11) is 0. The third-order valence-corrected chi connectivity index (χ3v) is 12.4. The number of halogens is 3. The van der Waals surface area contributed by atoms with Crippen molar-refractivity contribution in [3.8, 4) is 5.75 Å². The molecule has 1 aromatic heterocycles. The maximum Gasteiger partial charge on any atom is 0.407 e. The van der Waals surface area contributed by atoms with E-state index < -0.39 is 47.1 Å². The van der Waals surface area contributed by atoms with Gasteiger partial charge in [0.05, 0.1) is 35.1 Å². The number of imide groups is 2. The number of hydrogen-bond donors (Lipinski definition) is 2. The summed E-state index contributed by atoms with van der Waals surface area (Å²) in [4.78, 5) is 78.4. The fraction of sp³-hybridized carbons (Fsp3) is 0.465. The molecular weight excluding hydrogens is 782 g/mol. The van der Waals surface area contributed by atoms with Crippen LogP contribution in [0.15, 0.2) is 54.7 Å². The van der Waals surface area contributed by atoms with Crippen molar-refractivity contribution in [3.63, 3.8) is 0 Å². The number of alkyl halides is 3. The summed E-state index contributed by atoms with van der Waals surface area (Å²) in [5.74, 6) is -1.11. The standard InChI is InChI=1S/C43H45F3N8O6/c1-47-35-6-2-28(22-34(35)43(44,45)46)52-20-12-27(13-21-52)39(56)49-37-8-3-29(24-48-37)53-18-10-26(11-19-53)25-51-16-14-30(15-17-51)60-31-4-5-32-33(23-31)42(59)54(41(32)58)36-7-9-38(55)50-40(36)57/h2-6,8,22-24,26-27,30,36H,7,9-21,25H2,(H,48,49,56)(H,50,55,57). The van der Waals surface area contributed by atoms with Crippen LogP contribution >= 0.6 is 0 Å². The van der Waals surface area contributed by atoms with Gasteiger partial charge in [-0.2, -0.15) is 13.2 Å². The Bertz CT molecular complexity index is 2200. The molecule has 8 rings (SSSR count). The lowest BCUT2D eigenvalue weighted by Crippen LogP contribution is -2.54. The first-order chi connectivity index (χ1) is 28.8. The predicted octanol–water partition coefficient (Wildman–Crippen LogP) is 5.67. The average molecular weight is 827 g/mol. The van der Waals surface area contributed by atoms with E-state index in [4.69, 9.17) is 11.3 Å². The molecule has 0 spiro atoms. The lowest BCUT2D eigenvalue weighted by molar-refractivity contribution is -0.137. The second-order valence-electron chi connectivity index (χ2n) is 16.2. The van der Waals surface area contributed by atoms with Crippen molar-refractivity contribution in [1.29, 1.82) is 0 Å². The van der Waals surface area contributed by atoms with E-state index in [0.717, 1.165) is 75.1 Å². The minimum absolute atomic E-state index is 0.0350. The summed E-state index contributed by atoms with van der Waals surface area (Å²) >= 11 is 0. The Kier molecular flexibility index (Phi) is 11.5. The molecule has 0 aliphatic carbocycles. The SMILES string of the molecule is [C-]#[N+]c1ccc(N2CCC(C(=O)Nc3ccc(N4CCC(CN5CCC(Oc6ccc7c(c6)C(=O)N(C6CCC(=O)NC6=O)C7=O)CC5)CC4)cn3)CC2)cc1C(F)(F)F. The van der Waals surface area contributed by atoms with Crippen molar-refractivity contribution < 1.29 is 41.9 Å². The van der Waals surface area contributed by atoms with E-state index in [2.05, 4.69) is 30.3 Å². The highest BCUT2D eigenvalue weighted by atomic mass is 19.4. The molecule has 1 unspecified atom stereocenters. The number of nitrogens with one attached hydrogen (secondary N) is 2. The zero-order valence-electron chi connectivity index (χ0n) is 32.9. The molecule has 0 radical (unpaired) electrons. The van der Waals surface area contributed by atoms with Gasteiger partial charge in [0, 0.05) is 63.8 Å². The Hall–Kier alpha value is -6.02. The largest absolute Gasteiger partial charge is 0.490 e. The number of ether oxygens (including phenoxy) is 1. The van der Waals surface area contributed by atoms with E-state index in [-0.39, 0.29) is 41.9 Å². The first kappa shape index (κ1) is 40.7. The van der Waals surface area contributed by atoms with Gasteiger partial charge in [0.15, 0.2) is 5.69 Å². The van der Waals surface area contributed by atoms with Crippen LogP contribution in [0.2, 0.25) is 0 Å². The number of anilines is 3. The zero-order chi connectivity index (χ0) is 42.1. The highest BCUT2D eigenvalue weighted by molar-refractivity contribution is 6.23. The highest BCUT2D eigenvalue weighted by Gasteiger charge is 2.45. The van der Waals surface area contributed by atoms with Crippen LogP contribution in [-0.2, 0) is 20.6 Å². The van der Waals surface area contributed by atoms with Crippen LogP contribution in [0.3, 0.4) is 0 Å². The number of benzene rings is 2. The number of likely N-dealkylation sites (tertiary alicyclic amines) is 1. The van der Waals surface area contributed by atoms with Crippen LogP contribution in [0.4, 0.5) is 36.1 Å². The van der Waals surface area contributed by atoms with Gasteiger partial charge in [0.25, 0.3) is 11.8 Å². The quantitative estimate of drug-likeness (QED) is 0.204. The fourth-order valence-corrected chi connectivity index (χ4v) is 8.98. The van der Waals surface area contributed by atoms with Crippen molar-refractivity contribution in [2.75, 3.05) is 60.9 Å². The molecule has 4 fully saturated rings. The maximum atomic E-state index is 13.5. The molecule has 1 atom stereocenters. The third-order valence-electron chi connectivity index (χ3n) is 12.4. The summed E-state index contributed by atoms with van der Waals surface area (Å²) in [6.45, 7) is 12.4. The number of nitrogens with zero attached hydrogens (tertiary/aromatic N) is 6. The third kappa shape index (κ3) is 8.65. The number of fused-ring (bicyclic) bond motifs is 1. The van der Waals surface area contributed by atoms with Crippen molar-refractivity contribution >= 4 is 52.4 Å². The second-order valence-corrected chi connectivity index (χ2v) is 16.2. The van der Waals surface area contributed by atoms with Crippen LogP contribution in [0, 0.1) is 18.4 Å². The molecule has 5 aliphatic heterocycles. The molecule has 4 saturated heterocycles. The number of rotatable bonds is 9. The maximum absolute atomic E-state index is 13.5. The number of carbonyl (C=O) groups is 5. The molecule has 3 aromatic rings. The van der Waals surface area contributed by atoms with Gasteiger partial charge in [-0.25, -0.2) is 9.83 Å². The summed E-state index contributed by atoms with van der Waals surface area (Å²) < 4.78 is 46.7. The molecule has 0 bridgehead atoms.